The van der Waals surface area contributed by atoms with E-state index in [2.05, 4.69) is 15.3 Å². The Morgan fingerprint density at radius 3 is 2.52 bits per heavy atom. The molecule has 6 heteroatoms. The Hall–Kier alpha value is -3.25. The number of para-hydroxylation sites is 1. The predicted molar refractivity (Wildman–Crippen MR) is 108 cm³/mol. The largest absolute Gasteiger partial charge is 0.480 e. The zero-order valence-corrected chi connectivity index (χ0v) is 15.2. The minimum absolute atomic E-state index is 0.364. The van der Waals surface area contributed by atoms with E-state index in [1.165, 1.54) is 0 Å². The third kappa shape index (κ3) is 3.80. The fourth-order valence-corrected chi connectivity index (χ4v) is 3.58. The molecule has 4 rings (SSSR count). The zero-order valence-electron chi connectivity index (χ0n) is 14.4. The molecule has 0 spiro atoms. The Labute approximate surface area is 160 Å². The van der Waals surface area contributed by atoms with Crippen LogP contribution in [-0.4, -0.2) is 27.1 Å². The summed E-state index contributed by atoms with van der Waals surface area (Å²) in [5.74, 6) is 0.210. The Morgan fingerprint density at radius 1 is 1.00 bits per heavy atom. The van der Waals surface area contributed by atoms with Gasteiger partial charge in [0, 0.05) is 11.8 Å². The number of hydrogen-bond acceptors (Lipinski definition) is 5. The summed E-state index contributed by atoms with van der Waals surface area (Å²) in [5.41, 5.74) is 1.73. The molecule has 0 amide bonds. The highest BCUT2D eigenvalue weighted by Gasteiger charge is 2.20. The molecule has 0 fully saturated rings. The van der Waals surface area contributed by atoms with Crippen molar-refractivity contribution in [2.75, 3.05) is 5.32 Å². The number of fused-ring (bicyclic) bond motifs is 1. The van der Waals surface area contributed by atoms with Crippen LogP contribution in [0.2, 0.25) is 0 Å². The van der Waals surface area contributed by atoms with Crippen molar-refractivity contribution in [2.45, 2.75) is 12.5 Å². The monoisotopic (exact) mass is 375 g/mol. The van der Waals surface area contributed by atoms with Gasteiger partial charge in [-0.3, -0.25) is 0 Å². The zero-order chi connectivity index (χ0) is 18.6. The molecule has 27 heavy (non-hydrogen) atoms. The van der Waals surface area contributed by atoms with Crippen molar-refractivity contribution in [1.82, 2.24) is 9.97 Å². The molecule has 1 unspecified atom stereocenters. The number of nitrogens with zero attached hydrogens (tertiary/aromatic N) is 2. The Kier molecular flexibility index (Phi) is 4.80. The molecule has 1 atom stereocenters. The molecule has 2 aromatic carbocycles. The van der Waals surface area contributed by atoms with E-state index in [0.717, 1.165) is 21.3 Å². The molecule has 2 heterocycles. The Morgan fingerprint density at radius 2 is 1.78 bits per heavy atom. The van der Waals surface area contributed by atoms with Crippen LogP contribution < -0.4 is 5.32 Å². The molecule has 134 valence electrons. The van der Waals surface area contributed by atoms with Gasteiger partial charge in [-0.15, -0.1) is 11.3 Å². The summed E-state index contributed by atoms with van der Waals surface area (Å²) < 4.78 is 0. The topological polar surface area (TPSA) is 75.1 Å². The van der Waals surface area contributed by atoms with E-state index in [9.17, 15) is 9.90 Å². The third-order valence-corrected chi connectivity index (χ3v) is 5.10. The van der Waals surface area contributed by atoms with Gasteiger partial charge in [-0.1, -0.05) is 48.5 Å². The predicted octanol–water partition coefficient (Wildman–Crippen LogP) is 4.47. The minimum Gasteiger partial charge on any atom is -0.480 e. The first-order chi connectivity index (χ1) is 13.2. The highest BCUT2D eigenvalue weighted by molar-refractivity contribution is 7.13. The van der Waals surface area contributed by atoms with E-state index in [4.69, 9.17) is 0 Å². The van der Waals surface area contributed by atoms with Gasteiger partial charge in [0.05, 0.1) is 10.4 Å². The fourth-order valence-electron chi connectivity index (χ4n) is 2.92. The maximum absolute atomic E-state index is 11.9. The Bertz CT molecular complexity index is 1070. The van der Waals surface area contributed by atoms with E-state index in [0.29, 0.717) is 18.1 Å². The van der Waals surface area contributed by atoms with Crippen molar-refractivity contribution in [2.24, 2.45) is 0 Å². The van der Waals surface area contributed by atoms with Gasteiger partial charge in [0.25, 0.3) is 0 Å². The van der Waals surface area contributed by atoms with Crippen molar-refractivity contribution in [3.05, 3.63) is 77.7 Å². The van der Waals surface area contributed by atoms with Crippen LogP contribution in [0.1, 0.15) is 5.56 Å². The SMILES string of the molecule is O=C(O)C(Cc1ccccc1)Nc1nc(-c2cccs2)nc2ccccc12. The lowest BCUT2D eigenvalue weighted by molar-refractivity contribution is -0.137. The highest BCUT2D eigenvalue weighted by Crippen LogP contribution is 2.28. The van der Waals surface area contributed by atoms with Crippen LogP contribution in [-0.2, 0) is 11.2 Å². The molecular weight excluding hydrogens is 358 g/mol. The number of aliphatic carboxylic acids is 1. The average Bonchev–Trinajstić information content (AvgIpc) is 3.23. The maximum atomic E-state index is 11.9. The highest BCUT2D eigenvalue weighted by atomic mass is 32.1. The van der Waals surface area contributed by atoms with Crippen molar-refractivity contribution in [3.63, 3.8) is 0 Å². The summed E-state index contributed by atoms with van der Waals surface area (Å²) >= 11 is 1.55. The van der Waals surface area contributed by atoms with Crippen LogP contribution in [0.15, 0.2) is 72.1 Å². The number of benzene rings is 2. The number of carbonyl (C=O) groups is 1. The number of carboxylic acid groups (broad SMARTS) is 1. The quantitative estimate of drug-likeness (QED) is 0.520. The molecule has 0 aliphatic carbocycles. The number of anilines is 1. The Balaban J connectivity index is 1.73. The van der Waals surface area contributed by atoms with Gasteiger partial charge in [0.15, 0.2) is 5.82 Å². The van der Waals surface area contributed by atoms with Crippen LogP contribution in [0.25, 0.3) is 21.6 Å². The third-order valence-electron chi connectivity index (χ3n) is 4.24. The van der Waals surface area contributed by atoms with E-state index < -0.39 is 12.0 Å². The molecule has 4 aromatic rings. The van der Waals surface area contributed by atoms with Gasteiger partial charge in [-0.2, -0.15) is 0 Å². The first kappa shape index (κ1) is 17.2. The van der Waals surface area contributed by atoms with Crippen molar-refractivity contribution < 1.29 is 9.90 Å². The van der Waals surface area contributed by atoms with E-state index >= 15 is 0 Å². The standard InChI is InChI=1S/C21H17N3O2S/c25-21(26)17(13-14-7-2-1-3-8-14)23-19-15-9-4-5-10-16(15)22-20(24-19)18-11-6-12-27-18/h1-12,17H,13H2,(H,25,26)(H,22,23,24). The summed E-state index contributed by atoms with van der Waals surface area (Å²) in [6.07, 6.45) is 0.364. The van der Waals surface area contributed by atoms with Crippen LogP contribution in [0.5, 0.6) is 0 Å². The van der Waals surface area contributed by atoms with E-state index in [1.54, 1.807) is 11.3 Å². The van der Waals surface area contributed by atoms with Crippen molar-refractivity contribution in [1.29, 1.82) is 0 Å². The second kappa shape index (κ2) is 7.55. The molecule has 0 aliphatic heterocycles. The lowest BCUT2D eigenvalue weighted by atomic mass is 10.1. The van der Waals surface area contributed by atoms with Gasteiger partial charge in [0.2, 0.25) is 0 Å². The lowest BCUT2D eigenvalue weighted by Crippen LogP contribution is -2.32. The van der Waals surface area contributed by atoms with E-state index in [1.807, 2.05) is 72.1 Å². The molecule has 2 N–H and O–H groups in total. The maximum Gasteiger partial charge on any atom is 0.326 e. The average molecular weight is 375 g/mol. The first-order valence-corrected chi connectivity index (χ1v) is 9.42. The minimum atomic E-state index is -0.917. The molecule has 0 bridgehead atoms. The second-order valence-corrected chi connectivity index (χ2v) is 7.06. The molecule has 0 saturated carbocycles. The van der Waals surface area contributed by atoms with Crippen LogP contribution >= 0.6 is 11.3 Å². The number of carboxylic acids is 1. The summed E-state index contributed by atoms with van der Waals surface area (Å²) in [4.78, 5) is 22.1. The number of rotatable bonds is 6. The molecular formula is C21H17N3O2S. The molecule has 0 radical (unpaired) electrons. The molecule has 5 nitrogen and oxygen atoms in total. The molecule has 0 saturated heterocycles. The van der Waals surface area contributed by atoms with Crippen LogP contribution in [0, 0.1) is 0 Å². The molecule has 0 aliphatic rings. The lowest BCUT2D eigenvalue weighted by Gasteiger charge is -2.17. The second-order valence-electron chi connectivity index (χ2n) is 6.12. The van der Waals surface area contributed by atoms with Crippen molar-refractivity contribution >= 4 is 34.0 Å². The van der Waals surface area contributed by atoms with Gasteiger partial charge in [-0.05, 0) is 29.1 Å². The number of aromatic nitrogens is 2. The van der Waals surface area contributed by atoms with Crippen LogP contribution in [0.3, 0.4) is 0 Å². The molecule has 2 aromatic heterocycles. The van der Waals surface area contributed by atoms with Gasteiger partial charge < -0.3 is 10.4 Å². The normalized spacial score (nSPS) is 12.0. The first-order valence-electron chi connectivity index (χ1n) is 8.54. The number of hydrogen-bond donors (Lipinski definition) is 2. The summed E-state index contributed by atoms with van der Waals surface area (Å²) in [6.45, 7) is 0. The van der Waals surface area contributed by atoms with Crippen molar-refractivity contribution in [3.8, 4) is 10.7 Å². The van der Waals surface area contributed by atoms with Gasteiger partial charge in [-0.25, -0.2) is 14.8 Å². The number of thiophene rings is 1. The summed E-state index contributed by atoms with van der Waals surface area (Å²) in [6, 6.07) is 20.3. The summed E-state index contributed by atoms with van der Waals surface area (Å²) in [5, 5.41) is 15.6. The fraction of sp³-hybridized carbons (Fsp3) is 0.0952. The summed E-state index contributed by atoms with van der Waals surface area (Å²) in [7, 11) is 0. The van der Waals surface area contributed by atoms with Gasteiger partial charge >= 0.3 is 5.97 Å². The van der Waals surface area contributed by atoms with E-state index in [-0.39, 0.29) is 0 Å². The van der Waals surface area contributed by atoms with Gasteiger partial charge in [0.1, 0.15) is 11.9 Å². The van der Waals surface area contributed by atoms with Crippen LogP contribution in [0.4, 0.5) is 5.82 Å². The smallest absolute Gasteiger partial charge is 0.326 e. The number of nitrogens with one attached hydrogen (secondary N) is 1.